The van der Waals surface area contributed by atoms with E-state index < -0.39 is 0 Å². The molecule has 0 radical (unpaired) electrons. The molecule has 0 aliphatic carbocycles. The van der Waals surface area contributed by atoms with Gasteiger partial charge in [0, 0.05) is 56.6 Å². The lowest BCUT2D eigenvalue weighted by molar-refractivity contribution is -0.137. The van der Waals surface area contributed by atoms with Crippen molar-refractivity contribution in [3.8, 4) is 11.5 Å². The predicted molar refractivity (Wildman–Crippen MR) is 146 cm³/mol. The molecule has 0 spiro atoms. The van der Waals surface area contributed by atoms with E-state index in [2.05, 4.69) is 41.8 Å². The van der Waals surface area contributed by atoms with E-state index in [1.54, 1.807) is 7.11 Å². The number of methoxy groups -OCH3 is 1. The normalized spacial score (nSPS) is 22.5. The van der Waals surface area contributed by atoms with Crippen molar-refractivity contribution in [2.24, 2.45) is 0 Å². The van der Waals surface area contributed by atoms with Gasteiger partial charge in [0.05, 0.1) is 25.3 Å². The highest BCUT2D eigenvalue weighted by Crippen LogP contribution is 2.40. The average Bonchev–Trinajstić information content (AvgIpc) is 2.94. The molecule has 2 aromatic carbocycles. The van der Waals surface area contributed by atoms with Gasteiger partial charge in [0.2, 0.25) is 0 Å². The van der Waals surface area contributed by atoms with Gasteiger partial charge in [0.15, 0.2) is 6.61 Å². The molecule has 0 saturated carbocycles. The fourth-order valence-corrected chi connectivity index (χ4v) is 6.24. The number of piperidine rings is 1. The van der Waals surface area contributed by atoms with Gasteiger partial charge in [-0.05, 0) is 68.0 Å². The summed E-state index contributed by atoms with van der Waals surface area (Å²) in [5.74, 6) is 1.55. The Morgan fingerprint density at radius 1 is 1.03 bits per heavy atom. The maximum absolute atomic E-state index is 12.5. The lowest BCUT2D eigenvalue weighted by atomic mass is 9.86. The standard InChI is InChI=1S/C29H38ClN3O4/c1-20-21(2)27(37-19-29(34)31-13-15-36-16-14-31)10-8-24(20)26-6-4-5-23-18-32(11-12-33(23)26)22-7-9-25(30)28(17-22)35-3/h7-10,17,23,26H,4-6,11-16,18-19H2,1-3H3/t23-,26+/m0/s1. The van der Waals surface area contributed by atoms with Crippen LogP contribution >= 0.6 is 11.6 Å². The maximum atomic E-state index is 12.5. The Kier molecular flexibility index (Phi) is 8.12. The van der Waals surface area contributed by atoms with E-state index in [0.717, 1.165) is 36.7 Å². The highest BCUT2D eigenvalue weighted by Gasteiger charge is 2.36. The van der Waals surface area contributed by atoms with Crippen LogP contribution in [0.15, 0.2) is 30.3 Å². The minimum Gasteiger partial charge on any atom is -0.495 e. The molecule has 2 atom stereocenters. The van der Waals surface area contributed by atoms with Gasteiger partial charge in [-0.25, -0.2) is 0 Å². The number of hydrogen-bond acceptors (Lipinski definition) is 6. The summed E-state index contributed by atoms with van der Waals surface area (Å²) in [7, 11) is 1.66. The van der Waals surface area contributed by atoms with E-state index in [9.17, 15) is 4.79 Å². The van der Waals surface area contributed by atoms with Gasteiger partial charge in [-0.3, -0.25) is 9.69 Å². The molecule has 5 rings (SSSR count). The quantitative estimate of drug-likeness (QED) is 0.546. The maximum Gasteiger partial charge on any atom is 0.260 e. The van der Waals surface area contributed by atoms with Crippen LogP contribution in [-0.4, -0.2) is 81.4 Å². The molecule has 3 heterocycles. The van der Waals surface area contributed by atoms with Crippen molar-refractivity contribution in [3.05, 3.63) is 52.0 Å². The van der Waals surface area contributed by atoms with E-state index in [-0.39, 0.29) is 12.5 Å². The highest BCUT2D eigenvalue weighted by atomic mass is 35.5. The number of rotatable bonds is 6. The van der Waals surface area contributed by atoms with Gasteiger partial charge in [0.25, 0.3) is 5.91 Å². The van der Waals surface area contributed by atoms with Gasteiger partial charge in [0.1, 0.15) is 11.5 Å². The Bertz CT molecular complexity index is 1120. The van der Waals surface area contributed by atoms with Crippen LogP contribution in [0, 0.1) is 13.8 Å². The third kappa shape index (κ3) is 5.54. The first-order valence-electron chi connectivity index (χ1n) is 13.4. The van der Waals surface area contributed by atoms with Crippen molar-refractivity contribution in [2.45, 2.75) is 45.2 Å². The molecule has 37 heavy (non-hydrogen) atoms. The van der Waals surface area contributed by atoms with Crippen LogP contribution in [0.1, 0.15) is 42.0 Å². The third-order valence-corrected chi connectivity index (χ3v) is 8.61. The minimum atomic E-state index is 0.0238. The minimum absolute atomic E-state index is 0.0238. The van der Waals surface area contributed by atoms with Crippen LogP contribution in [-0.2, 0) is 9.53 Å². The Morgan fingerprint density at radius 3 is 2.62 bits per heavy atom. The summed E-state index contributed by atoms with van der Waals surface area (Å²) in [5, 5.41) is 0.645. The van der Waals surface area contributed by atoms with Crippen molar-refractivity contribution in [3.63, 3.8) is 0 Å². The largest absolute Gasteiger partial charge is 0.495 e. The van der Waals surface area contributed by atoms with Crippen molar-refractivity contribution in [1.82, 2.24) is 9.80 Å². The smallest absolute Gasteiger partial charge is 0.260 e. The number of carbonyl (C=O) groups is 1. The van der Waals surface area contributed by atoms with Gasteiger partial charge >= 0.3 is 0 Å². The summed E-state index contributed by atoms with van der Waals surface area (Å²) in [5.41, 5.74) is 4.95. The molecule has 0 N–H and O–H groups in total. The van der Waals surface area contributed by atoms with E-state index in [1.165, 1.54) is 36.1 Å². The molecule has 3 fully saturated rings. The van der Waals surface area contributed by atoms with Gasteiger partial charge in [-0.1, -0.05) is 17.7 Å². The summed E-state index contributed by atoms with van der Waals surface area (Å²) in [6.07, 6.45) is 3.59. The van der Waals surface area contributed by atoms with E-state index >= 15 is 0 Å². The summed E-state index contributed by atoms with van der Waals surface area (Å²) in [6, 6.07) is 11.3. The monoisotopic (exact) mass is 527 g/mol. The van der Waals surface area contributed by atoms with E-state index in [4.69, 9.17) is 25.8 Å². The lowest BCUT2D eigenvalue weighted by Crippen LogP contribution is -2.56. The SMILES string of the molecule is COc1cc(N2CCN3[C@@H](CCC[C@@H]3c3ccc(OCC(=O)N4CCOCC4)c(C)c3C)C2)ccc1Cl. The molecule has 8 heteroatoms. The second kappa shape index (κ2) is 11.5. The molecular weight excluding hydrogens is 490 g/mol. The molecule has 7 nitrogen and oxygen atoms in total. The number of fused-ring (bicyclic) bond motifs is 1. The number of anilines is 1. The molecular formula is C29H38ClN3O4. The molecule has 3 aliphatic heterocycles. The molecule has 0 unspecified atom stereocenters. The fraction of sp³-hybridized carbons (Fsp3) is 0.552. The number of hydrogen-bond donors (Lipinski definition) is 0. The lowest BCUT2D eigenvalue weighted by Gasteiger charge is -2.49. The molecule has 0 bridgehead atoms. The number of amides is 1. The van der Waals surface area contributed by atoms with Crippen LogP contribution in [0.4, 0.5) is 5.69 Å². The Labute approximate surface area is 225 Å². The Hall–Kier alpha value is -2.48. The van der Waals surface area contributed by atoms with Crippen molar-refractivity contribution in [1.29, 1.82) is 0 Å². The summed E-state index contributed by atoms with van der Waals surface area (Å²) in [6.45, 7) is 9.85. The molecule has 3 saturated heterocycles. The second-order valence-corrected chi connectivity index (χ2v) is 10.7. The number of halogens is 1. The molecule has 2 aromatic rings. The first kappa shape index (κ1) is 26.1. The van der Waals surface area contributed by atoms with Crippen LogP contribution in [0.25, 0.3) is 0 Å². The number of morpholine rings is 1. The first-order chi connectivity index (χ1) is 18.0. The summed E-state index contributed by atoms with van der Waals surface area (Å²) < 4.78 is 16.8. The summed E-state index contributed by atoms with van der Waals surface area (Å²) in [4.78, 5) is 19.5. The number of carbonyl (C=O) groups excluding carboxylic acids is 1. The number of ether oxygens (including phenoxy) is 3. The van der Waals surface area contributed by atoms with Gasteiger partial charge in [-0.2, -0.15) is 0 Å². The fourth-order valence-electron chi connectivity index (χ4n) is 6.04. The van der Waals surface area contributed by atoms with Crippen molar-refractivity contribution < 1.29 is 19.0 Å². The number of nitrogens with zero attached hydrogens (tertiary/aromatic N) is 3. The van der Waals surface area contributed by atoms with Gasteiger partial charge in [-0.15, -0.1) is 0 Å². The summed E-state index contributed by atoms with van der Waals surface area (Å²) >= 11 is 6.26. The van der Waals surface area contributed by atoms with E-state index in [1.807, 2.05) is 17.0 Å². The van der Waals surface area contributed by atoms with Crippen LogP contribution in [0.5, 0.6) is 11.5 Å². The highest BCUT2D eigenvalue weighted by molar-refractivity contribution is 6.32. The third-order valence-electron chi connectivity index (χ3n) is 8.30. The van der Waals surface area contributed by atoms with Crippen molar-refractivity contribution in [2.75, 3.05) is 64.6 Å². The van der Waals surface area contributed by atoms with Crippen molar-refractivity contribution >= 4 is 23.2 Å². The molecule has 1 amide bonds. The molecule has 0 aromatic heterocycles. The average molecular weight is 528 g/mol. The Balaban J connectivity index is 1.26. The van der Waals surface area contributed by atoms with Gasteiger partial charge < -0.3 is 24.0 Å². The zero-order chi connectivity index (χ0) is 25.9. The zero-order valence-electron chi connectivity index (χ0n) is 22.2. The van der Waals surface area contributed by atoms with Crippen LogP contribution < -0.4 is 14.4 Å². The van der Waals surface area contributed by atoms with E-state index in [0.29, 0.717) is 43.4 Å². The van der Waals surface area contributed by atoms with Crippen LogP contribution in [0.2, 0.25) is 5.02 Å². The van der Waals surface area contributed by atoms with Crippen LogP contribution in [0.3, 0.4) is 0 Å². The number of benzene rings is 2. The topological polar surface area (TPSA) is 54.5 Å². The predicted octanol–water partition coefficient (Wildman–Crippen LogP) is 4.62. The zero-order valence-corrected chi connectivity index (χ0v) is 22.9. The second-order valence-electron chi connectivity index (χ2n) is 10.3. The molecule has 200 valence electrons. The Morgan fingerprint density at radius 2 is 1.84 bits per heavy atom. The number of piperazine rings is 1. The molecule has 3 aliphatic rings. The first-order valence-corrected chi connectivity index (χ1v) is 13.8.